The van der Waals surface area contributed by atoms with Crippen molar-refractivity contribution in [2.45, 2.75) is 27.7 Å². The molecule has 0 radical (unpaired) electrons. The van der Waals surface area contributed by atoms with Gasteiger partial charge in [0, 0.05) is 57.5 Å². The number of hydrogen-bond acceptors (Lipinski definition) is 8. The molecule has 74 heavy (non-hydrogen) atoms. The minimum atomic E-state index is 0.0760. The van der Waals surface area contributed by atoms with Crippen LogP contribution in [0.25, 0.3) is 111 Å². The standard InChI is InChI=1S/C64H40N10/c1-37-17-38(2)20-47(19-37)43-10-16-59-56(25-43)55-13-6-45(27-62(55)73(59)57-14-8-41(23-49(57)29-65)51-33-69-63(31-67)70-34-51)44-5-11-53-54-12-7-46(48-21-39(3)18-40(4)22-48)28-61(54)74(60(53)26-44)58-15-9-42(24-50(58)30-66)52-35-71-64(32-68)72-36-52/h5-28,33-36H,1-4H3. The molecule has 0 N–H and O–H groups in total. The second-order valence-electron chi connectivity index (χ2n) is 18.9. The average Bonchev–Trinajstić information content (AvgIpc) is 3.93. The highest BCUT2D eigenvalue weighted by molar-refractivity contribution is 6.13. The normalized spacial score (nSPS) is 11.2. The molecule has 0 saturated carbocycles. The van der Waals surface area contributed by atoms with Crippen LogP contribution in [-0.2, 0) is 0 Å². The van der Waals surface area contributed by atoms with Crippen LogP contribution in [0.4, 0.5) is 0 Å². The van der Waals surface area contributed by atoms with Crippen LogP contribution < -0.4 is 0 Å². The summed E-state index contributed by atoms with van der Waals surface area (Å²) in [5.41, 5.74) is 20.1. The van der Waals surface area contributed by atoms with Crippen LogP contribution in [0.1, 0.15) is 45.0 Å². The first-order valence-corrected chi connectivity index (χ1v) is 24.0. The first-order chi connectivity index (χ1) is 36.1. The van der Waals surface area contributed by atoms with E-state index in [1.165, 1.54) is 22.3 Å². The molecular formula is C64H40N10. The third-order valence-corrected chi connectivity index (χ3v) is 13.9. The van der Waals surface area contributed by atoms with Gasteiger partial charge in [-0.1, -0.05) is 113 Å². The Kier molecular flexibility index (Phi) is 10.7. The SMILES string of the molecule is Cc1cc(C)cc(-c2ccc3c(c2)c2ccc(-c4ccc5c6ccc(-c7cc(C)cc(C)c7)cc6n(-c6ccc(-c7cnc(C#N)nc7)cc6C#N)c5c4)cc2n3-c2ccc(-c3cnc(C#N)nc3)cc2C#N)c1. The maximum Gasteiger partial charge on any atom is 0.232 e. The van der Waals surface area contributed by atoms with Gasteiger partial charge in [0.25, 0.3) is 0 Å². The van der Waals surface area contributed by atoms with Gasteiger partial charge < -0.3 is 9.13 Å². The fraction of sp³-hybridized carbons (Fsp3) is 0.0625. The van der Waals surface area contributed by atoms with Crippen LogP contribution in [-0.4, -0.2) is 29.1 Å². The molecule has 0 aliphatic heterocycles. The Balaban J connectivity index is 1.08. The molecule has 4 aromatic heterocycles. The Hall–Kier alpha value is -10.5. The van der Waals surface area contributed by atoms with Crippen LogP contribution in [0.3, 0.4) is 0 Å². The quantitative estimate of drug-likeness (QED) is 0.153. The Morgan fingerprint density at radius 2 is 0.635 bits per heavy atom. The molecule has 0 aliphatic rings. The zero-order chi connectivity index (χ0) is 50.8. The summed E-state index contributed by atoms with van der Waals surface area (Å²) in [6, 6.07) is 59.9. The number of rotatable bonds is 7. The van der Waals surface area contributed by atoms with E-state index in [1.807, 2.05) is 48.5 Å². The predicted octanol–water partition coefficient (Wildman–Crippen LogP) is 14.5. The topological polar surface area (TPSA) is 157 Å². The molecule has 0 saturated heterocycles. The molecule has 0 aliphatic carbocycles. The fourth-order valence-electron chi connectivity index (χ4n) is 10.6. The number of nitrogens with zero attached hydrogens (tertiary/aromatic N) is 10. The monoisotopic (exact) mass is 948 g/mol. The van der Waals surface area contributed by atoms with Crippen molar-refractivity contribution < 1.29 is 0 Å². The number of nitriles is 4. The molecule has 0 fully saturated rings. The summed E-state index contributed by atoms with van der Waals surface area (Å²) in [7, 11) is 0. The summed E-state index contributed by atoms with van der Waals surface area (Å²) in [6.07, 6.45) is 6.42. The zero-order valence-electron chi connectivity index (χ0n) is 40.6. The maximum atomic E-state index is 10.9. The molecule has 0 spiro atoms. The molecule has 0 atom stereocenters. The minimum Gasteiger partial charge on any atom is -0.308 e. The van der Waals surface area contributed by atoms with E-state index in [9.17, 15) is 21.0 Å². The maximum absolute atomic E-state index is 10.9. The second-order valence-corrected chi connectivity index (χ2v) is 18.9. The van der Waals surface area contributed by atoms with Crippen LogP contribution in [0.5, 0.6) is 0 Å². The van der Waals surface area contributed by atoms with E-state index < -0.39 is 0 Å². The third kappa shape index (κ3) is 7.65. The Labute approximate surface area is 426 Å². The molecule has 0 unspecified atom stereocenters. The number of benzene rings is 8. The summed E-state index contributed by atoms with van der Waals surface area (Å²) in [5.74, 6) is 0.153. The lowest BCUT2D eigenvalue weighted by atomic mass is 9.98. The fourth-order valence-corrected chi connectivity index (χ4v) is 10.6. The Morgan fingerprint density at radius 3 is 1.04 bits per heavy atom. The van der Waals surface area contributed by atoms with Crippen molar-refractivity contribution in [3.63, 3.8) is 0 Å². The number of fused-ring (bicyclic) bond motifs is 6. The lowest BCUT2D eigenvalue weighted by Crippen LogP contribution is -1.99. The van der Waals surface area contributed by atoms with Crippen molar-refractivity contribution in [1.29, 1.82) is 21.0 Å². The third-order valence-electron chi connectivity index (χ3n) is 13.9. The molecule has 0 bridgehead atoms. The summed E-state index contributed by atoms with van der Waals surface area (Å²) in [5, 5.41) is 44.5. The van der Waals surface area contributed by atoms with Crippen LogP contribution >= 0.6 is 0 Å². The second kappa shape index (κ2) is 17.7. The predicted molar refractivity (Wildman–Crippen MR) is 291 cm³/mol. The molecule has 12 aromatic rings. The lowest BCUT2D eigenvalue weighted by molar-refractivity contribution is 1.11. The van der Waals surface area contributed by atoms with Gasteiger partial charge in [-0.3, -0.25) is 0 Å². The van der Waals surface area contributed by atoms with Crippen LogP contribution in [0.2, 0.25) is 0 Å². The molecule has 4 heterocycles. The van der Waals surface area contributed by atoms with E-state index in [4.69, 9.17) is 0 Å². The van der Waals surface area contributed by atoms with Gasteiger partial charge in [0.05, 0.1) is 44.6 Å². The number of hydrogen-bond donors (Lipinski definition) is 0. The van der Waals surface area contributed by atoms with Gasteiger partial charge >= 0.3 is 0 Å². The smallest absolute Gasteiger partial charge is 0.232 e. The van der Waals surface area contributed by atoms with Gasteiger partial charge in [0.1, 0.15) is 24.3 Å². The first kappa shape index (κ1) is 44.7. The minimum absolute atomic E-state index is 0.0760. The summed E-state index contributed by atoms with van der Waals surface area (Å²) in [4.78, 5) is 16.7. The molecule has 346 valence electrons. The van der Waals surface area contributed by atoms with E-state index >= 15 is 0 Å². The van der Waals surface area contributed by atoms with Crippen molar-refractivity contribution in [1.82, 2.24) is 29.1 Å². The summed E-state index contributed by atoms with van der Waals surface area (Å²) >= 11 is 0. The summed E-state index contributed by atoms with van der Waals surface area (Å²) in [6.45, 7) is 8.46. The van der Waals surface area contributed by atoms with E-state index in [0.29, 0.717) is 22.3 Å². The van der Waals surface area contributed by atoms with E-state index in [2.05, 4.69) is 178 Å². The Morgan fingerprint density at radius 1 is 0.297 bits per heavy atom. The van der Waals surface area contributed by atoms with Crippen molar-refractivity contribution >= 4 is 43.6 Å². The molecule has 12 rings (SSSR count). The van der Waals surface area contributed by atoms with E-state index in [1.54, 1.807) is 24.8 Å². The van der Waals surface area contributed by atoms with Crippen LogP contribution in [0.15, 0.2) is 170 Å². The van der Waals surface area contributed by atoms with Gasteiger partial charge in [-0.25, -0.2) is 19.9 Å². The Bertz CT molecular complexity index is 4460. The van der Waals surface area contributed by atoms with E-state index in [0.717, 1.165) is 99.5 Å². The van der Waals surface area contributed by atoms with Gasteiger partial charge in [-0.2, -0.15) is 21.0 Å². The number of aromatic nitrogens is 6. The molecule has 10 heteroatoms. The van der Waals surface area contributed by atoms with Gasteiger partial charge in [0.15, 0.2) is 0 Å². The van der Waals surface area contributed by atoms with Crippen LogP contribution in [0, 0.1) is 73.0 Å². The van der Waals surface area contributed by atoms with Crippen molar-refractivity contribution in [2.75, 3.05) is 0 Å². The summed E-state index contributed by atoms with van der Waals surface area (Å²) < 4.78 is 4.38. The molecule has 8 aromatic carbocycles. The van der Waals surface area contributed by atoms with Crippen molar-refractivity contribution in [3.05, 3.63) is 215 Å². The number of aryl methyl sites for hydroxylation is 4. The van der Waals surface area contributed by atoms with Gasteiger partial charge in [-0.15, -0.1) is 0 Å². The van der Waals surface area contributed by atoms with Crippen molar-refractivity contribution in [2.24, 2.45) is 0 Å². The zero-order valence-corrected chi connectivity index (χ0v) is 40.6. The van der Waals surface area contributed by atoms with Gasteiger partial charge in [0.2, 0.25) is 11.6 Å². The largest absolute Gasteiger partial charge is 0.308 e. The van der Waals surface area contributed by atoms with Gasteiger partial charge in [-0.05, 0) is 127 Å². The highest BCUT2D eigenvalue weighted by Gasteiger charge is 2.21. The van der Waals surface area contributed by atoms with Crippen molar-refractivity contribution in [3.8, 4) is 91.3 Å². The average molecular weight is 949 g/mol. The highest BCUT2D eigenvalue weighted by Crippen LogP contribution is 2.42. The molecular weight excluding hydrogens is 909 g/mol. The highest BCUT2D eigenvalue weighted by atomic mass is 15.0. The van der Waals surface area contributed by atoms with E-state index in [-0.39, 0.29) is 11.6 Å². The first-order valence-electron chi connectivity index (χ1n) is 24.0. The molecule has 0 amide bonds. The lowest BCUT2D eigenvalue weighted by Gasteiger charge is -2.14. The molecule has 10 nitrogen and oxygen atoms in total.